The van der Waals surface area contributed by atoms with Crippen molar-refractivity contribution in [1.29, 1.82) is 0 Å². The largest absolute Gasteiger partial charge is 0.350 e. The van der Waals surface area contributed by atoms with Crippen molar-refractivity contribution in [2.24, 2.45) is 0 Å². The second kappa shape index (κ2) is 7.02. The summed E-state index contributed by atoms with van der Waals surface area (Å²) in [6.45, 7) is -0.300. The number of H-pyrrole nitrogens is 1. The Morgan fingerprint density at radius 1 is 1.20 bits per heavy atom. The van der Waals surface area contributed by atoms with E-state index in [4.69, 9.17) is 0 Å². The number of carbonyl (C=O) groups excluding carboxylic acids is 1. The molecule has 2 aromatic carbocycles. The van der Waals surface area contributed by atoms with E-state index in [-0.39, 0.29) is 13.1 Å². The van der Waals surface area contributed by atoms with Crippen molar-refractivity contribution in [2.75, 3.05) is 0 Å². The Balaban J connectivity index is 1.82. The number of nitrogens with one attached hydrogen (secondary N) is 2. The van der Waals surface area contributed by atoms with Crippen LogP contribution in [0.25, 0.3) is 10.9 Å². The summed E-state index contributed by atoms with van der Waals surface area (Å²) in [4.78, 5) is 38.2. The minimum atomic E-state index is -0.674. The lowest BCUT2D eigenvalue weighted by atomic mass is 10.2. The zero-order valence-electron chi connectivity index (χ0n) is 12.9. The molecule has 3 aromatic rings. The van der Waals surface area contributed by atoms with Crippen molar-refractivity contribution >= 4 is 32.7 Å². The fraction of sp³-hybridized carbons (Fsp3) is 0.118. The van der Waals surface area contributed by atoms with E-state index in [1.54, 1.807) is 36.4 Å². The van der Waals surface area contributed by atoms with Gasteiger partial charge in [-0.05, 0) is 30.3 Å². The van der Waals surface area contributed by atoms with Gasteiger partial charge in [-0.2, -0.15) is 0 Å². The standard InChI is InChI=1S/C17H13BrFN3O3/c18-11-5-6-13(19)10(7-11)8-20-15(23)9-22-14-4-2-1-3-12(14)16(24)21-17(22)25/h1-7H,8-9H2,(H,20,23)(H,21,24,25). The molecule has 1 heterocycles. The van der Waals surface area contributed by atoms with Crippen LogP contribution in [0.15, 0.2) is 56.5 Å². The Morgan fingerprint density at radius 2 is 1.96 bits per heavy atom. The summed E-state index contributed by atoms with van der Waals surface area (Å²) >= 11 is 3.24. The summed E-state index contributed by atoms with van der Waals surface area (Å²) in [5, 5.41) is 2.88. The van der Waals surface area contributed by atoms with Crippen LogP contribution in [0, 0.1) is 5.82 Å². The van der Waals surface area contributed by atoms with E-state index in [1.807, 2.05) is 0 Å². The van der Waals surface area contributed by atoms with Gasteiger partial charge in [0.05, 0.1) is 10.9 Å². The number of benzene rings is 2. The van der Waals surface area contributed by atoms with Gasteiger partial charge in [-0.15, -0.1) is 0 Å². The molecule has 1 aromatic heterocycles. The lowest BCUT2D eigenvalue weighted by Gasteiger charge is -2.10. The van der Waals surface area contributed by atoms with Crippen molar-refractivity contribution in [2.45, 2.75) is 13.1 Å². The van der Waals surface area contributed by atoms with E-state index >= 15 is 0 Å². The van der Waals surface area contributed by atoms with Crippen molar-refractivity contribution in [1.82, 2.24) is 14.9 Å². The molecule has 0 atom stereocenters. The molecule has 8 heteroatoms. The number of fused-ring (bicyclic) bond motifs is 1. The Morgan fingerprint density at radius 3 is 2.76 bits per heavy atom. The molecule has 0 radical (unpaired) electrons. The van der Waals surface area contributed by atoms with Gasteiger partial charge in [0.25, 0.3) is 5.56 Å². The predicted molar refractivity (Wildman–Crippen MR) is 94.8 cm³/mol. The van der Waals surface area contributed by atoms with Gasteiger partial charge >= 0.3 is 5.69 Å². The Labute approximate surface area is 149 Å². The monoisotopic (exact) mass is 405 g/mol. The van der Waals surface area contributed by atoms with Gasteiger partial charge in [-0.1, -0.05) is 28.1 Å². The van der Waals surface area contributed by atoms with Gasteiger partial charge in [0.1, 0.15) is 12.4 Å². The van der Waals surface area contributed by atoms with Crippen molar-refractivity contribution in [3.8, 4) is 0 Å². The van der Waals surface area contributed by atoms with Gasteiger partial charge in [0.2, 0.25) is 5.91 Å². The van der Waals surface area contributed by atoms with Gasteiger partial charge in [0.15, 0.2) is 0 Å². The molecule has 2 N–H and O–H groups in total. The highest BCUT2D eigenvalue weighted by Crippen LogP contribution is 2.15. The molecule has 0 unspecified atom stereocenters. The number of amides is 1. The molecule has 6 nitrogen and oxygen atoms in total. The quantitative estimate of drug-likeness (QED) is 0.695. The van der Waals surface area contributed by atoms with Crippen LogP contribution in [-0.2, 0) is 17.9 Å². The van der Waals surface area contributed by atoms with Crippen LogP contribution in [0.3, 0.4) is 0 Å². The first kappa shape index (κ1) is 17.1. The summed E-state index contributed by atoms with van der Waals surface area (Å²) in [5.74, 6) is -0.908. The maximum absolute atomic E-state index is 13.7. The summed E-state index contributed by atoms with van der Waals surface area (Å²) in [6, 6.07) is 10.9. The first-order valence-corrected chi connectivity index (χ1v) is 8.17. The van der Waals surface area contributed by atoms with E-state index in [0.717, 1.165) is 0 Å². The van der Waals surface area contributed by atoms with Crippen LogP contribution in [0.1, 0.15) is 5.56 Å². The summed E-state index contributed by atoms with van der Waals surface area (Å²) in [5.41, 5.74) is -0.498. The second-order valence-corrected chi connectivity index (χ2v) is 6.29. The average Bonchev–Trinajstić information content (AvgIpc) is 2.59. The Bertz CT molecular complexity index is 1070. The molecule has 0 saturated carbocycles. The number of rotatable bonds is 4. The third-order valence-electron chi connectivity index (χ3n) is 3.69. The zero-order valence-corrected chi connectivity index (χ0v) is 14.5. The van der Waals surface area contributed by atoms with Crippen molar-refractivity contribution in [3.05, 3.63) is 79.2 Å². The fourth-order valence-electron chi connectivity index (χ4n) is 2.47. The normalized spacial score (nSPS) is 10.8. The second-order valence-electron chi connectivity index (χ2n) is 5.38. The number of hydrogen-bond donors (Lipinski definition) is 2. The number of carbonyl (C=O) groups is 1. The number of para-hydroxylation sites is 1. The maximum Gasteiger partial charge on any atom is 0.329 e. The number of hydrogen-bond acceptors (Lipinski definition) is 3. The minimum Gasteiger partial charge on any atom is -0.350 e. The highest BCUT2D eigenvalue weighted by atomic mass is 79.9. The van der Waals surface area contributed by atoms with Crippen LogP contribution in [0.4, 0.5) is 4.39 Å². The van der Waals surface area contributed by atoms with Gasteiger partial charge in [-0.3, -0.25) is 19.1 Å². The molecule has 0 aliphatic carbocycles. The third kappa shape index (κ3) is 3.69. The fourth-order valence-corrected chi connectivity index (χ4v) is 2.88. The van der Waals surface area contributed by atoms with E-state index in [0.29, 0.717) is 20.9 Å². The lowest BCUT2D eigenvalue weighted by molar-refractivity contribution is -0.121. The maximum atomic E-state index is 13.7. The van der Waals surface area contributed by atoms with Crippen LogP contribution < -0.4 is 16.6 Å². The van der Waals surface area contributed by atoms with E-state index in [2.05, 4.69) is 26.2 Å². The van der Waals surface area contributed by atoms with Crippen LogP contribution in [0.5, 0.6) is 0 Å². The number of aromatic nitrogens is 2. The highest BCUT2D eigenvalue weighted by Gasteiger charge is 2.11. The molecule has 0 bridgehead atoms. The molecular formula is C17H13BrFN3O3. The predicted octanol–water partition coefficient (Wildman–Crippen LogP) is 1.91. The smallest absolute Gasteiger partial charge is 0.329 e. The lowest BCUT2D eigenvalue weighted by Crippen LogP contribution is -2.36. The molecule has 0 saturated heterocycles. The van der Waals surface area contributed by atoms with Crippen LogP contribution in [-0.4, -0.2) is 15.5 Å². The molecule has 128 valence electrons. The first-order valence-electron chi connectivity index (χ1n) is 7.38. The number of nitrogens with zero attached hydrogens (tertiary/aromatic N) is 1. The van der Waals surface area contributed by atoms with Crippen LogP contribution in [0.2, 0.25) is 0 Å². The molecule has 0 aliphatic rings. The van der Waals surface area contributed by atoms with Gasteiger partial charge in [-0.25, -0.2) is 9.18 Å². The topological polar surface area (TPSA) is 84.0 Å². The van der Waals surface area contributed by atoms with E-state index in [1.165, 1.54) is 10.6 Å². The molecule has 25 heavy (non-hydrogen) atoms. The Kier molecular flexibility index (Phi) is 4.80. The molecule has 1 amide bonds. The minimum absolute atomic E-state index is 0.0137. The zero-order chi connectivity index (χ0) is 18.0. The van der Waals surface area contributed by atoms with Crippen molar-refractivity contribution < 1.29 is 9.18 Å². The van der Waals surface area contributed by atoms with Crippen LogP contribution >= 0.6 is 15.9 Å². The number of halogens is 2. The molecule has 0 spiro atoms. The Hall–Kier alpha value is -2.74. The third-order valence-corrected chi connectivity index (χ3v) is 4.18. The molecule has 0 aliphatic heterocycles. The number of aromatic amines is 1. The van der Waals surface area contributed by atoms with Gasteiger partial charge < -0.3 is 5.32 Å². The molecule has 3 rings (SSSR count). The summed E-state index contributed by atoms with van der Waals surface area (Å²) in [6.07, 6.45) is 0. The van der Waals surface area contributed by atoms with E-state index in [9.17, 15) is 18.8 Å². The highest BCUT2D eigenvalue weighted by molar-refractivity contribution is 9.10. The molecule has 0 fully saturated rings. The van der Waals surface area contributed by atoms with Crippen molar-refractivity contribution in [3.63, 3.8) is 0 Å². The summed E-state index contributed by atoms with van der Waals surface area (Å²) in [7, 11) is 0. The first-order chi connectivity index (χ1) is 12.0. The summed E-state index contributed by atoms with van der Waals surface area (Å²) < 4.78 is 15.6. The van der Waals surface area contributed by atoms with E-state index < -0.39 is 23.0 Å². The SMILES string of the molecule is O=C(Cn1c(=O)[nH]c(=O)c2ccccc21)NCc1cc(Br)ccc1F. The average molecular weight is 406 g/mol. The molecular weight excluding hydrogens is 393 g/mol. The van der Waals surface area contributed by atoms with Gasteiger partial charge in [0, 0.05) is 16.6 Å².